The molecular formula is C3H7O2S+. The molecule has 0 fully saturated rings. The molecule has 0 rings (SSSR count). The fourth-order valence-electron chi connectivity index (χ4n) is 0.123. The Kier molecular flexibility index (Phi) is 3.17. The molecule has 0 radical (unpaired) electrons. The van der Waals surface area contributed by atoms with Crippen molar-refractivity contribution in [3.63, 3.8) is 0 Å². The normalized spacial score (nSPS) is 14.2. The van der Waals surface area contributed by atoms with E-state index in [1.54, 1.807) is 0 Å². The van der Waals surface area contributed by atoms with Crippen molar-refractivity contribution in [1.82, 2.24) is 0 Å². The van der Waals surface area contributed by atoms with Gasteiger partial charge in [-0.2, -0.15) is 0 Å². The molecule has 0 bridgehead atoms. The largest absolute Gasteiger partial charge is 0.306 e. The number of rotatable bonds is 2. The maximum atomic E-state index is 9.67. The van der Waals surface area contributed by atoms with Crippen molar-refractivity contribution in [3.8, 4) is 0 Å². The second-order valence-corrected chi connectivity index (χ2v) is 1.93. The Bertz CT molecular complexity index is 52.8. The first-order valence-electron chi connectivity index (χ1n) is 1.64. The Hall–Kier alpha value is -0.0200. The van der Waals surface area contributed by atoms with Crippen LogP contribution in [-0.4, -0.2) is 14.5 Å². The van der Waals surface area contributed by atoms with Crippen LogP contribution in [0.1, 0.15) is 6.42 Å². The van der Waals surface area contributed by atoms with Crippen molar-refractivity contribution < 1.29 is 8.76 Å². The number of hydrogen-bond acceptors (Lipinski definition) is 1. The second-order valence-electron chi connectivity index (χ2n) is 0.879. The maximum absolute atomic E-state index is 9.67. The minimum atomic E-state index is -1.63. The van der Waals surface area contributed by atoms with Gasteiger partial charge >= 0.3 is 0 Å². The van der Waals surface area contributed by atoms with E-state index in [2.05, 4.69) is 6.92 Å². The van der Waals surface area contributed by atoms with Gasteiger partial charge in [0.05, 0.1) is 19.1 Å². The highest BCUT2D eigenvalue weighted by Gasteiger charge is 1.88. The van der Waals surface area contributed by atoms with Crippen molar-refractivity contribution >= 4 is 11.1 Å². The predicted octanol–water partition coefficient (Wildman–Crippen LogP) is 0.432. The lowest BCUT2D eigenvalue weighted by atomic mass is 10.6. The van der Waals surface area contributed by atoms with Crippen LogP contribution in [0.2, 0.25) is 0 Å². The Balaban J connectivity index is 2.83. The van der Waals surface area contributed by atoms with Gasteiger partial charge in [0.1, 0.15) is 0 Å². The molecule has 0 aromatic heterocycles. The zero-order valence-corrected chi connectivity index (χ0v) is 4.20. The number of hydrogen-bond donors (Lipinski definition) is 1. The summed E-state index contributed by atoms with van der Waals surface area (Å²) in [4.78, 5) is 0. The molecule has 0 aliphatic heterocycles. The summed E-state index contributed by atoms with van der Waals surface area (Å²) < 4.78 is 17.7. The molecule has 0 aromatic carbocycles. The summed E-state index contributed by atoms with van der Waals surface area (Å²) in [5, 5.41) is 0. The first-order chi connectivity index (χ1) is 2.77. The highest BCUT2D eigenvalue weighted by Crippen LogP contribution is 1.76. The van der Waals surface area contributed by atoms with Crippen LogP contribution in [0.3, 0.4) is 0 Å². The van der Waals surface area contributed by atoms with E-state index < -0.39 is 11.1 Å². The lowest BCUT2D eigenvalue weighted by Crippen LogP contribution is -1.90. The third kappa shape index (κ3) is 3.98. The monoisotopic (exact) mass is 107 g/mol. The van der Waals surface area contributed by atoms with Crippen LogP contribution < -0.4 is 0 Å². The average Bonchev–Trinajstić information content (AvgIpc) is 1.35. The van der Waals surface area contributed by atoms with Crippen molar-refractivity contribution in [2.45, 2.75) is 6.42 Å². The molecule has 2 nitrogen and oxygen atoms in total. The molecule has 3 heteroatoms. The van der Waals surface area contributed by atoms with E-state index >= 15 is 0 Å². The van der Waals surface area contributed by atoms with E-state index in [0.717, 1.165) is 0 Å². The first-order valence-corrected chi connectivity index (χ1v) is 2.91. The van der Waals surface area contributed by atoms with Crippen molar-refractivity contribution in [2.75, 3.05) is 5.75 Å². The van der Waals surface area contributed by atoms with Crippen molar-refractivity contribution in [3.05, 3.63) is 6.92 Å². The van der Waals surface area contributed by atoms with Gasteiger partial charge in [-0.3, -0.25) is 0 Å². The highest BCUT2D eigenvalue weighted by atomic mass is 32.2. The molecule has 0 aliphatic rings. The lowest BCUT2D eigenvalue weighted by molar-refractivity contribution is 0.564. The molecule has 0 spiro atoms. The quantitative estimate of drug-likeness (QED) is 0.410. The van der Waals surface area contributed by atoms with Gasteiger partial charge in [0, 0.05) is 0 Å². The minimum Gasteiger partial charge on any atom is -0.306 e. The SMILES string of the molecule is [CH2+]CCS(=O)O. The molecule has 0 amide bonds. The highest BCUT2D eigenvalue weighted by molar-refractivity contribution is 7.79. The molecular weight excluding hydrogens is 100 g/mol. The van der Waals surface area contributed by atoms with Crippen LogP contribution >= 0.6 is 0 Å². The third-order valence-corrected chi connectivity index (χ3v) is 0.957. The van der Waals surface area contributed by atoms with Crippen LogP contribution in [0.25, 0.3) is 0 Å². The van der Waals surface area contributed by atoms with Gasteiger partial charge in [0.25, 0.3) is 0 Å². The van der Waals surface area contributed by atoms with E-state index in [0.29, 0.717) is 12.2 Å². The molecule has 0 aliphatic carbocycles. The first kappa shape index (κ1) is 5.98. The summed E-state index contributed by atoms with van der Waals surface area (Å²) in [6.07, 6.45) is 0.531. The Morgan fingerprint density at radius 3 is 2.33 bits per heavy atom. The van der Waals surface area contributed by atoms with Crippen LogP contribution in [0.5, 0.6) is 0 Å². The van der Waals surface area contributed by atoms with Gasteiger partial charge in [0.2, 0.25) is 0 Å². The predicted molar refractivity (Wildman–Crippen MR) is 25.6 cm³/mol. The zero-order valence-electron chi connectivity index (χ0n) is 3.39. The molecule has 36 valence electrons. The van der Waals surface area contributed by atoms with Gasteiger partial charge < -0.3 is 4.55 Å². The summed E-state index contributed by atoms with van der Waals surface area (Å²) in [6, 6.07) is 0. The van der Waals surface area contributed by atoms with Crippen LogP contribution in [-0.2, 0) is 11.1 Å². The fraction of sp³-hybridized carbons (Fsp3) is 0.667. The molecule has 0 heterocycles. The Morgan fingerprint density at radius 1 is 1.83 bits per heavy atom. The van der Waals surface area contributed by atoms with Gasteiger partial charge in [0.15, 0.2) is 11.1 Å². The van der Waals surface area contributed by atoms with Crippen LogP contribution in [0, 0.1) is 6.92 Å². The van der Waals surface area contributed by atoms with Crippen LogP contribution in [0.4, 0.5) is 0 Å². The van der Waals surface area contributed by atoms with E-state index in [4.69, 9.17) is 4.55 Å². The van der Waals surface area contributed by atoms with Gasteiger partial charge in [-0.15, -0.1) is 0 Å². The van der Waals surface area contributed by atoms with Crippen molar-refractivity contribution in [2.24, 2.45) is 0 Å². The van der Waals surface area contributed by atoms with Gasteiger partial charge in [-0.05, 0) is 0 Å². The average molecular weight is 107 g/mol. The lowest BCUT2D eigenvalue weighted by Gasteiger charge is -1.76. The Morgan fingerprint density at radius 2 is 2.33 bits per heavy atom. The minimum absolute atomic E-state index is 0.292. The molecule has 1 unspecified atom stereocenters. The Labute approximate surface area is 39.8 Å². The van der Waals surface area contributed by atoms with E-state index in [9.17, 15) is 4.21 Å². The third-order valence-electron chi connectivity index (χ3n) is 0.319. The summed E-state index contributed by atoms with van der Waals surface area (Å²) >= 11 is -1.63. The molecule has 1 N–H and O–H groups in total. The summed E-state index contributed by atoms with van der Waals surface area (Å²) in [7, 11) is 0. The standard InChI is InChI=1S/C3H6O2S/c1-2-3-6(4)5/h1-3H2/p+1. The summed E-state index contributed by atoms with van der Waals surface area (Å²) in [5.74, 6) is 0.292. The van der Waals surface area contributed by atoms with Crippen LogP contribution in [0.15, 0.2) is 0 Å². The smallest absolute Gasteiger partial charge is 0.157 e. The maximum Gasteiger partial charge on any atom is 0.157 e. The van der Waals surface area contributed by atoms with Gasteiger partial charge in [-0.1, -0.05) is 0 Å². The van der Waals surface area contributed by atoms with E-state index in [1.165, 1.54) is 0 Å². The van der Waals surface area contributed by atoms with E-state index in [1.807, 2.05) is 0 Å². The van der Waals surface area contributed by atoms with E-state index in [-0.39, 0.29) is 0 Å². The van der Waals surface area contributed by atoms with Gasteiger partial charge in [-0.25, -0.2) is 4.21 Å². The zero-order chi connectivity index (χ0) is 4.99. The fourth-order valence-corrected chi connectivity index (χ4v) is 0.370. The summed E-state index contributed by atoms with van der Waals surface area (Å²) in [6.45, 7) is 3.37. The molecule has 0 saturated heterocycles. The second kappa shape index (κ2) is 3.18. The van der Waals surface area contributed by atoms with Crippen molar-refractivity contribution in [1.29, 1.82) is 0 Å². The molecule has 6 heavy (non-hydrogen) atoms. The summed E-state index contributed by atoms with van der Waals surface area (Å²) in [5.41, 5.74) is 0. The molecule has 0 saturated carbocycles. The molecule has 0 aromatic rings. The topological polar surface area (TPSA) is 37.3 Å². The molecule has 1 atom stereocenters.